The van der Waals surface area contributed by atoms with Gasteiger partial charge in [0.2, 0.25) is 0 Å². The first-order valence-electron chi connectivity index (χ1n) is 5.18. The minimum Gasteiger partial charge on any atom is -0.497 e. The van der Waals surface area contributed by atoms with E-state index in [0.29, 0.717) is 13.2 Å². The first-order chi connectivity index (χ1) is 7.29. The van der Waals surface area contributed by atoms with Crippen LogP contribution < -0.4 is 4.74 Å². The smallest absolute Gasteiger partial charge is 0.119 e. The van der Waals surface area contributed by atoms with Crippen molar-refractivity contribution in [3.63, 3.8) is 0 Å². The van der Waals surface area contributed by atoms with Crippen molar-refractivity contribution >= 4 is 0 Å². The van der Waals surface area contributed by atoms with Gasteiger partial charge in [-0.25, -0.2) is 0 Å². The first kappa shape index (κ1) is 10.5. The van der Waals surface area contributed by atoms with Crippen molar-refractivity contribution < 1.29 is 14.6 Å². The molecule has 1 aliphatic rings. The van der Waals surface area contributed by atoms with Gasteiger partial charge in [-0.1, -0.05) is 12.1 Å². The minimum absolute atomic E-state index is 0.220. The molecule has 1 N–H and O–H groups in total. The van der Waals surface area contributed by atoms with Crippen LogP contribution in [0.1, 0.15) is 5.56 Å². The maximum Gasteiger partial charge on any atom is 0.119 e. The van der Waals surface area contributed by atoms with Crippen LogP contribution in [0.25, 0.3) is 0 Å². The Balaban J connectivity index is 2.03. The van der Waals surface area contributed by atoms with Gasteiger partial charge < -0.3 is 14.6 Å². The zero-order chi connectivity index (χ0) is 10.7. The Morgan fingerprint density at radius 1 is 1.47 bits per heavy atom. The first-order valence-corrected chi connectivity index (χ1v) is 5.18. The van der Waals surface area contributed by atoms with Gasteiger partial charge >= 0.3 is 0 Å². The number of aliphatic hydroxyl groups is 1. The lowest BCUT2D eigenvalue weighted by Gasteiger charge is -2.12. The Morgan fingerprint density at radius 2 is 2.33 bits per heavy atom. The van der Waals surface area contributed by atoms with Crippen LogP contribution in [0.2, 0.25) is 0 Å². The Kier molecular flexibility index (Phi) is 3.23. The standard InChI is InChI=1S/C12H16O3/c1-14-11-4-2-3-9(6-11)5-10-7-15-8-12(10)13/h2-4,6,10,12-13H,5,7-8H2,1H3/t10-,12+/m1/s1. The van der Waals surface area contributed by atoms with Crippen LogP contribution >= 0.6 is 0 Å². The number of hydrogen-bond donors (Lipinski definition) is 1. The normalized spacial score (nSPS) is 25.5. The highest BCUT2D eigenvalue weighted by atomic mass is 16.5. The maximum absolute atomic E-state index is 9.62. The predicted molar refractivity (Wildman–Crippen MR) is 57.0 cm³/mol. The van der Waals surface area contributed by atoms with E-state index < -0.39 is 0 Å². The van der Waals surface area contributed by atoms with Crippen LogP contribution in [-0.2, 0) is 11.2 Å². The molecule has 2 rings (SSSR count). The number of hydrogen-bond acceptors (Lipinski definition) is 3. The predicted octanol–water partition coefficient (Wildman–Crippen LogP) is 1.24. The molecule has 1 aromatic carbocycles. The maximum atomic E-state index is 9.62. The molecule has 0 bridgehead atoms. The summed E-state index contributed by atoms with van der Waals surface area (Å²) in [5, 5.41) is 9.62. The topological polar surface area (TPSA) is 38.7 Å². The second-order valence-electron chi connectivity index (χ2n) is 3.92. The molecule has 1 heterocycles. The SMILES string of the molecule is COc1cccc(C[C@@H]2COC[C@@H]2O)c1. The molecule has 0 aromatic heterocycles. The molecule has 2 atom stereocenters. The van der Waals surface area contributed by atoms with Gasteiger partial charge in [0.1, 0.15) is 5.75 Å². The Labute approximate surface area is 89.6 Å². The quantitative estimate of drug-likeness (QED) is 0.812. The van der Waals surface area contributed by atoms with Crippen LogP contribution in [0.4, 0.5) is 0 Å². The van der Waals surface area contributed by atoms with E-state index in [2.05, 4.69) is 0 Å². The van der Waals surface area contributed by atoms with Crippen molar-refractivity contribution in [2.45, 2.75) is 12.5 Å². The van der Waals surface area contributed by atoms with Crippen molar-refractivity contribution in [2.24, 2.45) is 5.92 Å². The van der Waals surface area contributed by atoms with E-state index in [4.69, 9.17) is 9.47 Å². The highest BCUT2D eigenvalue weighted by Crippen LogP contribution is 2.21. The largest absolute Gasteiger partial charge is 0.497 e. The molecule has 3 heteroatoms. The lowest BCUT2D eigenvalue weighted by molar-refractivity contribution is 0.118. The molecule has 1 aromatic rings. The van der Waals surface area contributed by atoms with Crippen molar-refractivity contribution in [2.75, 3.05) is 20.3 Å². The van der Waals surface area contributed by atoms with Crippen LogP contribution in [0.5, 0.6) is 5.75 Å². The van der Waals surface area contributed by atoms with Gasteiger partial charge in [-0.05, 0) is 24.1 Å². The van der Waals surface area contributed by atoms with Crippen molar-refractivity contribution in [1.29, 1.82) is 0 Å². The number of rotatable bonds is 3. The molecule has 0 aliphatic carbocycles. The molecule has 0 amide bonds. The molecule has 1 fully saturated rings. The third kappa shape index (κ3) is 2.49. The molecular weight excluding hydrogens is 192 g/mol. The van der Waals surface area contributed by atoms with E-state index in [1.165, 1.54) is 5.56 Å². The summed E-state index contributed by atoms with van der Waals surface area (Å²) in [6.07, 6.45) is 0.523. The van der Waals surface area contributed by atoms with Gasteiger partial charge in [0.25, 0.3) is 0 Å². The van der Waals surface area contributed by atoms with Crippen LogP contribution in [-0.4, -0.2) is 31.5 Å². The fourth-order valence-electron chi connectivity index (χ4n) is 1.88. The summed E-state index contributed by atoms with van der Waals surface area (Å²) in [5.41, 5.74) is 1.18. The van der Waals surface area contributed by atoms with E-state index in [-0.39, 0.29) is 12.0 Å². The van der Waals surface area contributed by atoms with E-state index in [1.54, 1.807) is 7.11 Å². The molecule has 15 heavy (non-hydrogen) atoms. The van der Waals surface area contributed by atoms with Crippen molar-refractivity contribution in [3.8, 4) is 5.75 Å². The highest BCUT2D eigenvalue weighted by Gasteiger charge is 2.26. The van der Waals surface area contributed by atoms with Crippen molar-refractivity contribution in [1.82, 2.24) is 0 Å². The summed E-state index contributed by atoms with van der Waals surface area (Å²) in [5.74, 6) is 1.08. The van der Waals surface area contributed by atoms with Gasteiger partial charge in [-0.15, -0.1) is 0 Å². The zero-order valence-electron chi connectivity index (χ0n) is 8.85. The van der Waals surface area contributed by atoms with E-state index >= 15 is 0 Å². The van der Waals surface area contributed by atoms with Gasteiger partial charge in [0.15, 0.2) is 0 Å². The summed E-state index contributed by atoms with van der Waals surface area (Å²) in [4.78, 5) is 0. The number of aliphatic hydroxyl groups excluding tert-OH is 1. The van der Waals surface area contributed by atoms with Crippen LogP contribution in [0.3, 0.4) is 0 Å². The average Bonchev–Trinajstić information content (AvgIpc) is 2.65. The molecule has 0 saturated carbocycles. The minimum atomic E-state index is -0.323. The summed E-state index contributed by atoms with van der Waals surface area (Å²) >= 11 is 0. The van der Waals surface area contributed by atoms with Crippen molar-refractivity contribution in [3.05, 3.63) is 29.8 Å². The highest BCUT2D eigenvalue weighted by molar-refractivity contribution is 5.28. The van der Waals surface area contributed by atoms with Crippen LogP contribution in [0.15, 0.2) is 24.3 Å². The van der Waals surface area contributed by atoms with Gasteiger partial charge in [0.05, 0.1) is 26.4 Å². The number of benzene rings is 1. The number of methoxy groups -OCH3 is 1. The second kappa shape index (κ2) is 4.64. The van der Waals surface area contributed by atoms with Gasteiger partial charge in [0, 0.05) is 5.92 Å². The molecular formula is C12H16O3. The summed E-state index contributed by atoms with van der Waals surface area (Å²) in [6, 6.07) is 7.94. The fraction of sp³-hybridized carbons (Fsp3) is 0.500. The third-order valence-electron chi connectivity index (χ3n) is 2.80. The van der Waals surface area contributed by atoms with E-state index in [1.807, 2.05) is 24.3 Å². The van der Waals surface area contributed by atoms with E-state index in [9.17, 15) is 5.11 Å². The van der Waals surface area contributed by atoms with Crippen LogP contribution in [0, 0.1) is 5.92 Å². The Bertz CT molecular complexity index is 324. The molecule has 0 spiro atoms. The lowest BCUT2D eigenvalue weighted by Crippen LogP contribution is -2.19. The Hall–Kier alpha value is -1.06. The second-order valence-corrected chi connectivity index (χ2v) is 3.92. The zero-order valence-corrected chi connectivity index (χ0v) is 8.85. The van der Waals surface area contributed by atoms with Gasteiger partial charge in [-0.2, -0.15) is 0 Å². The number of ether oxygens (including phenoxy) is 2. The fourth-order valence-corrected chi connectivity index (χ4v) is 1.88. The molecule has 82 valence electrons. The molecule has 1 aliphatic heterocycles. The molecule has 0 radical (unpaired) electrons. The van der Waals surface area contributed by atoms with E-state index in [0.717, 1.165) is 12.2 Å². The summed E-state index contributed by atoms with van der Waals surface area (Å²) < 4.78 is 10.4. The monoisotopic (exact) mass is 208 g/mol. The Morgan fingerprint density at radius 3 is 3.00 bits per heavy atom. The summed E-state index contributed by atoms with van der Waals surface area (Å²) in [7, 11) is 1.66. The molecule has 3 nitrogen and oxygen atoms in total. The summed E-state index contributed by atoms with van der Waals surface area (Å²) in [6.45, 7) is 1.12. The molecule has 1 saturated heterocycles. The lowest BCUT2D eigenvalue weighted by atomic mass is 9.97. The molecule has 0 unspecified atom stereocenters. The van der Waals surface area contributed by atoms with Gasteiger partial charge in [-0.3, -0.25) is 0 Å². The average molecular weight is 208 g/mol. The third-order valence-corrected chi connectivity index (χ3v) is 2.80.